The fraction of sp³-hybridized carbons (Fsp3) is 0. The summed E-state index contributed by atoms with van der Waals surface area (Å²) in [5.41, 5.74) is 2.22. The topological polar surface area (TPSA) is 70.2 Å². The molecular weight excluding hydrogens is 252 g/mol. The summed E-state index contributed by atoms with van der Waals surface area (Å²) in [6.45, 7) is 0. The van der Waals surface area contributed by atoms with E-state index in [0.717, 1.165) is 5.65 Å². The Kier molecular flexibility index (Phi) is 2.90. The molecule has 5 nitrogen and oxygen atoms in total. The van der Waals surface area contributed by atoms with Crippen LogP contribution in [0.2, 0.25) is 0 Å². The van der Waals surface area contributed by atoms with Crippen LogP contribution in [-0.4, -0.2) is 15.3 Å². The molecular formula is C15H10N4O. The van der Waals surface area contributed by atoms with E-state index in [1.54, 1.807) is 59.4 Å². The van der Waals surface area contributed by atoms with Gasteiger partial charge in [0, 0.05) is 18.6 Å². The third-order valence-corrected chi connectivity index (χ3v) is 2.95. The minimum absolute atomic E-state index is 0.261. The van der Waals surface area contributed by atoms with E-state index in [-0.39, 0.29) is 5.91 Å². The van der Waals surface area contributed by atoms with Crippen molar-refractivity contribution in [2.45, 2.75) is 0 Å². The van der Waals surface area contributed by atoms with Crippen LogP contribution < -0.4 is 5.32 Å². The van der Waals surface area contributed by atoms with Gasteiger partial charge in [0.2, 0.25) is 0 Å². The lowest BCUT2D eigenvalue weighted by Gasteiger charge is -2.07. The lowest BCUT2D eigenvalue weighted by Crippen LogP contribution is -2.13. The standard InChI is InChI=1S/C15H10N4O/c16-9-11-3-1-2-4-13(11)18-15(20)12-5-6-14-17-7-8-19(14)10-12/h1-8,10H,(H,18,20). The number of fused-ring (bicyclic) bond motifs is 1. The smallest absolute Gasteiger partial charge is 0.257 e. The highest BCUT2D eigenvalue weighted by atomic mass is 16.1. The maximum Gasteiger partial charge on any atom is 0.257 e. The van der Waals surface area contributed by atoms with Gasteiger partial charge in [-0.25, -0.2) is 4.98 Å². The minimum atomic E-state index is -0.261. The quantitative estimate of drug-likeness (QED) is 0.771. The first-order chi connectivity index (χ1) is 9.78. The molecule has 1 aromatic carbocycles. The number of aromatic nitrogens is 2. The average molecular weight is 262 g/mol. The van der Waals surface area contributed by atoms with Gasteiger partial charge >= 0.3 is 0 Å². The Bertz CT molecular complexity index is 829. The van der Waals surface area contributed by atoms with Crippen LogP contribution in [0.3, 0.4) is 0 Å². The number of nitriles is 1. The fourth-order valence-corrected chi connectivity index (χ4v) is 1.94. The third-order valence-electron chi connectivity index (χ3n) is 2.95. The number of pyridine rings is 1. The summed E-state index contributed by atoms with van der Waals surface area (Å²) in [4.78, 5) is 16.3. The molecule has 0 bridgehead atoms. The summed E-state index contributed by atoms with van der Waals surface area (Å²) in [5.74, 6) is -0.261. The number of nitrogens with one attached hydrogen (secondary N) is 1. The number of benzene rings is 1. The number of amides is 1. The zero-order valence-corrected chi connectivity index (χ0v) is 10.4. The zero-order valence-electron chi connectivity index (χ0n) is 10.4. The van der Waals surface area contributed by atoms with Crippen molar-refractivity contribution in [3.8, 4) is 6.07 Å². The van der Waals surface area contributed by atoms with Gasteiger partial charge in [0.1, 0.15) is 11.7 Å². The Morgan fingerprint density at radius 2 is 2.10 bits per heavy atom. The van der Waals surface area contributed by atoms with Crippen LogP contribution in [-0.2, 0) is 0 Å². The van der Waals surface area contributed by atoms with E-state index in [1.165, 1.54) is 0 Å². The second-order valence-corrected chi connectivity index (χ2v) is 4.22. The highest BCUT2D eigenvalue weighted by Gasteiger charge is 2.09. The van der Waals surface area contributed by atoms with Crippen molar-refractivity contribution in [1.29, 1.82) is 5.26 Å². The molecule has 2 aromatic heterocycles. The van der Waals surface area contributed by atoms with Gasteiger partial charge in [-0.05, 0) is 24.3 Å². The molecule has 3 aromatic rings. The van der Waals surface area contributed by atoms with E-state index >= 15 is 0 Å². The van der Waals surface area contributed by atoms with E-state index in [1.807, 2.05) is 6.07 Å². The number of imidazole rings is 1. The van der Waals surface area contributed by atoms with Gasteiger partial charge < -0.3 is 9.72 Å². The Morgan fingerprint density at radius 1 is 1.25 bits per heavy atom. The molecule has 20 heavy (non-hydrogen) atoms. The van der Waals surface area contributed by atoms with Gasteiger partial charge in [-0.1, -0.05) is 12.1 Å². The van der Waals surface area contributed by atoms with Crippen molar-refractivity contribution in [3.63, 3.8) is 0 Å². The molecule has 0 atom stereocenters. The van der Waals surface area contributed by atoms with Gasteiger partial charge in [-0.2, -0.15) is 5.26 Å². The summed E-state index contributed by atoms with van der Waals surface area (Å²) >= 11 is 0. The van der Waals surface area contributed by atoms with Gasteiger partial charge in [-0.15, -0.1) is 0 Å². The van der Waals surface area contributed by atoms with Gasteiger partial charge in [-0.3, -0.25) is 4.79 Å². The van der Waals surface area contributed by atoms with Crippen LogP contribution in [0.25, 0.3) is 5.65 Å². The van der Waals surface area contributed by atoms with Crippen molar-refractivity contribution in [3.05, 3.63) is 66.1 Å². The van der Waals surface area contributed by atoms with Crippen LogP contribution in [0, 0.1) is 11.3 Å². The van der Waals surface area contributed by atoms with Crippen molar-refractivity contribution in [1.82, 2.24) is 9.38 Å². The zero-order chi connectivity index (χ0) is 13.9. The molecule has 3 rings (SSSR count). The molecule has 1 N–H and O–H groups in total. The fourth-order valence-electron chi connectivity index (χ4n) is 1.94. The molecule has 0 fully saturated rings. The monoisotopic (exact) mass is 262 g/mol. The first-order valence-corrected chi connectivity index (χ1v) is 6.01. The minimum Gasteiger partial charge on any atom is -0.321 e. The lowest BCUT2D eigenvalue weighted by molar-refractivity contribution is 0.102. The SMILES string of the molecule is N#Cc1ccccc1NC(=O)c1ccc2nccn2c1. The Hall–Kier alpha value is -3.13. The van der Waals surface area contributed by atoms with Crippen LogP contribution >= 0.6 is 0 Å². The van der Waals surface area contributed by atoms with Crippen LogP contribution in [0.15, 0.2) is 55.0 Å². The van der Waals surface area contributed by atoms with Gasteiger partial charge in [0.05, 0.1) is 16.8 Å². The van der Waals surface area contributed by atoms with E-state index in [2.05, 4.69) is 10.3 Å². The summed E-state index contributed by atoms with van der Waals surface area (Å²) in [7, 11) is 0. The predicted octanol–water partition coefficient (Wildman–Crippen LogP) is 2.46. The first-order valence-electron chi connectivity index (χ1n) is 6.01. The van der Waals surface area contributed by atoms with E-state index in [0.29, 0.717) is 16.8 Å². The lowest BCUT2D eigenvalue weighted by atomic mass is 10.2. The number of hydrogen-bond acceptors (Lipinski definition) is 3. The average Bonchev–Trinajstić information content (AvgIpc) is 2.95. The number of nitrogens with zero attached hydrogens (tertiary/aromatic N) is 3. The largest absolute Gasteiger partial charge is 0.321 e. The molecule has 0 saturated heterocycles. The number of carbonyl (C=O) groups excluding carboxylic acids is 1. The molecule has 0 spiro atoms. The summed E-state index contributed by atoms with van der Waals surface area (Å²) in [5, 5.41) is 11.7. The molecule has 0 saturated carbocycles. The van der Waals surface area contributed by atoms with Crippen molar-refractivity contribution in [2.75, 3.05) is 5.32 Å². The van der Waals surface area contributed by atoms with E-state index < -0.39 is 0 Å². The highest BCUT2D eigenvalue weighted by Crippen LogP contribution is 2.15. The van der Waals surface area contributed by atoms with Crippen LogP contribution in [0.1, 0.15) is 15.9 Å². The summed E-state index contributed by atoms with van der Waals surface area (Å²) < 4.78 is 1.77. The van der Waals surface area contributed by atoms with Gasteiger partial charge in [0.15, 0.2) is 0 Å². The number of para-hydroxylation sites is 1. The second kappa shape index (κ2) is 4.86. The first kappa shape index (κ1) is 11.9. The maximum absolute atomic E-state index is 12.2. The Labute approximate surface area is 115 Å². The van der Waals surface area contributed by atoms with E-state index in [9.17, 15) is 4.79 Å². The Balaban J connectivity index is 1.91. The number of anilines is 1. The van der Waals surface area contributed by atoms with Crippen molar-refractivity contribution in [2.24, 2.45) is 0 Å². The number of carbonyl (C=O) groups is 1. The molecule has 0 unspecified atom stereocenters. The van der Waals surface area contributed by atoms with Crippen molar-refractivity contribution >= 4 is 17.2 Å². The molecule has 0 aliphatic carbocycles. The summed E-state index contributed by atoms with van der Waals surface area (Å²) in [6.07, 6.45) is 5.14. The molecule has 1 amide bonds. The maximum atomic E-state index is 12.2. The van der Waals surface area contributed by atoms with Crippen LogP contribution in [0.5, 0.6) is 0 Å². The normalized spacial score (nSPS) is 10.2. The predicted molar refractivity (Wildman–Crippen MR) is 74.3 cm³/mol. The molecule has 2 heterocycles. The highest BCUT2D eigenvalue weighted by molar-refractivity contribution is 6.04. The van der Waals surface area contributed by atoms with Crippen LogP contribution in [0.4, 0.5) is 5.69 Å². The molecule has 5 heteroatoms. The second-order valence-electron chi connectivity index (χ2n) is 4.22. The molecule has 0 aliphatic rings. The molecule has 96 valence electrons. The molecule has 0 aliphatic heterocycles. The third kappa shape index (κ3) is 2.10. The van der Waals surface area contributed by atoms with Gasteiger partial charge in [0.25, 0.3) is 5.91 Å². The Morgan fingerprint density at radius 3 is 2.95 bits per heavy atom. The number of hydrogen-bond donors (Lipinski definition) is 1. The molecule has 0 radical (unpaired) electrons. The van der Waals surface area contributed by atoms with E-state index in [4.69, 9.17) is 5.26 Å². The van der Waals surface area contributed by atoms with Crippen molar-refractivity contribution < 1.29 is 4.79 Å². The number of rotatable bonds is 2. The summed E-state index contributed by atoms with van der Waals surface area (Å²) in [6, 6.07) is 12.4.